The molecule has 0 bridgehead atoms. The van der Waals surface area contributed by atoms with Crippen molar-refractivity contribution < 1.29 is 19.0 Å². The molecule has 0 amide bonds. The van der Waals surface area contributed by atoms with Crippen LogP contribution in [0.1, 0.15) is 44.9 Å². The van der Waals surface area contributed by atoms with Gasteiger partial charge in [0.1, 0.15) is 11.5 Å². The number of carbonyl (C=O) groups is 1. The van der Waals surface area contributed by atoms with Crippen LogP contribution in [-0.2, 0) is 9.53 Å². The average molecular weight is 425 g/mol. The first-order valence-corrected chi connectivity index (χ1v) is 10.8. The van der Waals surface area contributed by atoms with Crippen molar-refractivity contribution in [3.05, 3.63) is 61.2 Å². The van der Waals surface area contributed by atoms with Gasteiger partial charge in [-0.3, -0.25) is 0 Å². The van der Waals surface area contributed by atoms with Crippen molar-refractivity contribution in [2.45, 2.75) is 44.9 Å². The van der Waals surface area contributed by atoms with E-state index in [-0.39, 0.29) is 5.97 Å². The average Bonchev–Trinajstić information content (AvgIpc) is 2.82. The van der Waals surface area contributed by atoms with Gasteiger partial charge in [0.25, 0.3) is 0 Å². The Bertz CT molecular complexity index is 801. The van der Waals surface area contributed by atoms with Crippen LogP contribution in [0.3, 0.4) is 0 Å². The Labute approximate surface area is 184 Å². The zero-order valence-electron chi connectivity index (χ0n) is 18.3. The molecule has 0 aliphatic heterocycles. The molecule has 0 N–H and O–H groups in total. The molecule has 0 atom stereocenters. The van der Waals surface area contributed by atoms with E-state index in [2.05, 4.69) is 16.8 Å². The number of methoxy groups -OCH3 is 1. The highest BCUT2D eigenvalue weighted by molar-refractivity contribution is 5.81. The van der Waals surface area contributed by atoms with Gasteiger partial charge in [-0.1, -0.05) is 38.7 Å². The minimum absolute atomic E-state index is 0.340. The smallest absolute Gasteiger partial charge is 0.330 e. The largest absolute Gasteiger partial charge is 0.497 e. The van der Waals surface area contributed by atoms with Crippen molar-refractivity contribution >= 4 is 17.3 Å². The number of carbonyl (C=O) groups excluding carboxylic acids is 1. The van der Waals surface area contributed by atoms with Crippen molar-refractivity contribution in [2.24, 2.45) is 10.2 Å². The van der Waals surface area contributed by atoms with Crippen molar-refractivity contribution in [3.8, 4) is 11.5 Å². The van der Waals surface area contributed by atoms with E-state index in [1.165, 1.54) is 25.3 Å². The Morgan fingerprint density at radius 1 is 0.774 bits per heavy atom. The van der Waals surface area contributed by atoms with Gasteiger partial charge < -0.3 is 14.2 Å². The van der Waals surface area contributed by atoms with Gasteiger partial charge in [0, 0.05) is 6.08 Å². The van der Waals surface area contributed by atoms with Crippen LogP contribution in [0, 0.1) is 0 Å². The maximum atomic E-state index is 10.9. The molecule has 0 unspecified atom stereocenters. The highest BCUT2D eigenvalue weighted by Crippen LogP contribution is 2.23. The van der Waals surface area contributed by atoms with Crippen LogP contribution >= 0.6 is 0 Å². The van der Waals surface area contributed by atoms with Gasteiger partial charge in [-0.2, -0.15) is 10.2 Å². The van der Waals surface area contributed by atoms with Crippen molar-refractivity contribution in [3.63, 3.8) is 0 Å². The molecule has 0 spiro atoms. The number of esters is 1. The SMILES string of the molecule is C=CC(=O)OCCCCCCCCCOc1ccc(N=Nc2ccc(OC)cc2)cc1. The molecule has 0 heterocycles. The molecule has 0 radical (unpaired) electrons. The molecule has 0 aromatic heterocycles. The maximum absolute atomic E-state index is 10.9. The Hall–Kier alpha value is -3.15. The monoisotopic (exact) mass is 424 g/mol. The van der Waals surface area contributed by atoms with E-state index in [4.69, 9.17) is 14.2 Å². The number of nitrogens with zero attached hydrogens (tertiary/aromatic N) is 2. The van der Waals surface area contributed by atoms with Gasteiger partial charge in [-0.05, 0) is 61.4 Å². The fourth-order valence-electron chi connectivity index (χ4n) is 2.88. The van der Waals surface area contributed by atoms with Crippen LogP contribution in [0.5, 0.6) is 11.5 Å². The molecule has 2 rings (SSSR count). The van der Waals surface area contributed by atoms with Crippen LogP contribution in [-0.4, -0.2) is 26.3 Å². The van der Waals surface area contributed by atoms with Crippen molar-refractivity contribution in [1.82, 2.24) is 0 Å². The second kappa shape index (κ2) is 14.8. The topological polar surface area (TPSA) is 69.5 Å². The minimum atomic E-state index is -0.340. The summed E-state index contributed by atoms with van der Waals surface area (Å²) in [7, 11) is 1.64. The number of benzene rings is 2. The summed E-state index contributed by atoms with van der Waals surface area (Å²) in [6, 6.07) is 15.1. The third kappa shape index (κ3) is 10.4. The van der Waals surface area contributed by atoms with Gasteiger partial charge >= 0.3 is 5.97 Å². The zero-order chi connectivity index (χ0) is 22.2. The Morgan fingerprint density at radius 3 is 1.77 bits per heavy atom. The Balaban J connectivity index is 1.52. The van der Waals surface area contributed by atoms with Gasteiger partial charge in [-0.15, -0.1) is 0 Å². The van der Waals surface area contributed by atoms with Gasteiger partial charge in [-0.25, -0.2) is 4.79 Å². The molecule has 0 aliphatic carbocycles. The standard InChI is InChI=1S/C25H32N2O4/c1-3-25(28)31-20-10-8-6-4-5-7-9-19-30-24-17-13-22(14-18-24)27-26-21-11-15-23(29-2)16-12-21/h3,11-18H,1,4-10,19-20H2,2H3. The summed E-state index contributed by atoms with van der Waals surface area (Å²) in [4.78, 5) is 10.9. The fraction of sp³-hybridized carbons (Fsp3) is 0.400. The Kier molecular flexibility index (Phi) is 11.5. The van der Waals surface area contributed by atoms with Gasteiger partial charge in [0.05, 0.1) is 31.7 Å². The summed E-state index contributed by atoms with van der Waals surface area (Å²) in [6.45, 7) is 4.57. The molecule has 0 saturated carbocycles. The van der Waals surface area contributed by atoms with E-state index in [0.29, 0.717) is 13.2 Å². The molecule has 0 saturated heterocycles. The molecular weight excluding hydrogens is 392 g/mol. The lowest BCUT2D eigenvalue weighted by molar-refractivity contribution is -0.137. The Morgan fingerprint density at radius 2 is 1.26 bits per heavy atom. The van der Waals surface area contributed by atoms with Gasteiger partial charge in [0.15, 0.2) is 0 Å². The second-order valence-corrected chi connectivity index (χ2v) is 7.09. The molecule has 0 fully saturated rings. The first-order valence-electron chi connectivity index (χ1n) is 10.8. The number of hydrogen-bond donors (Lipinski definition) is 0. The van der Waals surface area contributed by atoms with Crippen LogP contribution in [0.15, 0.2) is 71.4 Å². The summed E-state index contributed by atoms with van der Waals surface area (Å²) < 4.78 is 15.9. The first kappa shape index (κ1) is 24.1. The van der Waals surface area contributed by atoms with Crippen LogP contribution in [0.4, 0.5) is 11.4 Å². The lowest BCUT2D eigenvalue weighted by atomic mass is 10.1. The number of unbranched alkanes of at least 4 members (excludes halogenated alkanes) is 6. The molecule has 2 aromatic carbocycles. The van der Waals surface area contributed by atoms with Crippen molar-refractivity contribution in [1.29, 1.82) is 0 Å². The molecule has 31 heavy (non-hydrogen) atoms. The van der Waals surface area contributed by atoms with E-state index in [0.717, 1.165) is 48.6 Å². The summed E-state index contributed by atoms with van der Waals surface area (Å²) in [5.41, 5.74) is 1.56. The number of azo groups is 1. The van der Waals surface area contributed by atoms with Crippen LogP contribution < -0.4 is 9.47 Å². The molecular formula is C25H32N2O4. The fourth-order valence-corrected chi connectivity index (χ4v) is 2.88. The maximum Gasteiger partial charge on any atom is 0.330 e. The normalized spacial score (nSPS) is 10.7. The molecule has 6 heteroatoms. The number of rotatable bonds is 15. The van der Waals surface area contributed by atoms with E-state index in [1.807, 2.05) is 48.5 Å². The van der Waals surface area contributed by atoms with Gasteiger partial charge in [0.2, 0.25) is 0 Å². The predicted molar refractivity (Wildman–Crippen MR) is 123 cm³/mol. The summed E-state index contributed by atoms with van der Waals surface area (Å²) in [5.74, 6) is 1.30. The summed E-state index contributed by atoms with van der Waals surface area (Å²) in [6.07, 6.45) is 8.95. The lowest BCUT2D eigenvalue weighted by Gasteiger charge is -2.06. The van der Waals surface area contributed by atoms with E-state index in [9.17, 15) is 4.79 Å². The van der Waals surface area contributed by atoms with Crippen LogP contribution in [0.2, 0.25) is 0 Å². The summed E-state index contributed by atoms with van der Waals surface area (Å²) >= 11 is 0. The highest BCUT2D eigenvalue weighted by atomic mass is 16.5. The minimum Gasteiger partial charge on any atom is -0.497 e. The molecule has 166 valence electrons. The summed E-state index contributed by atoms with van der Waals surface area (Å²) in [5, 5.41) is 8.47. The van der Waals surface area contributed by atoms with E-state index >= 15 is 0 Å². The second-order valence-electron chi connectivity index (χ2n) is 7.09. The van der Waals surface area contributed by atoms with E-state index in [1.54, 1.807) is 7.11 Å². The first-order chi connectivity index (χ1) is 15.2. The van der Waals surface area contributed by atoms with Crippen LogP contribution in [0.25, 0.3) is 0 Å². The predicted octanol–water partition coefficient (Wildman–Crippen LogP) is 6.95. The van der Waals surface area contributed by atoms with Crippen molar-refractivity contribution in [2.75, 3.05) is 20.3 Å². The zero-order valence-corrected chi connectivity index (χ0v) is 18.3. The number of hydrogen-bond acceptors (Lipinski definition) is 6. The third-order valence-electron chi connectivity index (χ3n) is 4.66. The third-order valence-corrected chi connectivity index (χ3v) is 4.66. The highest BCUT2D eigenvalue weighted by Gasteiger charge is 1.98. The quantitative estimate of drug-likeness (QED) is 0.134. The molecule has 2 aromatic rings. The molecule has 0 aliphatic rings. The lowest BCUT2D eigenvalue weighted by Crippen LogP contribution is -2.01. The number of ether oxygens (including phenoxy) is 3. The van der Waals surface area contributed by atoms with E-state index < -0.39 is 0 Å². The molecule has 6 nitrogen and oxygen atoms in total.